The lowest BCUT2D eigenvalue weighted by Gasteiger charge is -2.05. The summed E-state index contributed by atoms with van der Waals surface area (Å²) in [5.74, 6) is -0.0529. The van der Waals surface area contributed by atoms with Crippen molar-refractivity contribution in [2.45, 2.75) is 6.42 Å². The number of aromatic nitrogens is 1. The van der Waals surface area contributed by atoms with E-state index in [1.807, 2.05) is 48.5 Å². The second-order valence-electron chi connectivity index (χ2n) is 5.00. The summed E-state index contributed by atoms with van der Waals surface area (Å²) < 4.78 is 0. The van der Waals surface area contributed by atoms with Crippen molar-refractivity contribution in [3.63, 3.8) is 0 Å². The maximum Gasteiger partial charge on any atom is 0.253 e. The summed E-state index contributed by atoms with van der Waals surface area (Å²) >= 11 is 0. The number of hydrogen-bond acceptors (Lipinski definition) is 2. The molecule has 0 saturated heterocycles. The summed E-state index contributed by atoms with van der Waals surface area (Å²) in [5.41, 5.74) is 9.21. The van der Waals surface area contributed by atoms with Gasteiger partial charge in [-0.05, 0) is 30.2 Å². The van der Waals surface area contributed by atoms with Gasteiger partial charge in [-0.25, -0.2) is 0 Å². The molecule has 21 heavy (non-hydrogen) atoms. The van der Waals surface area contributed by atoms with E-state index in [1.165, 1.54) is 0 Å². The number of nitrogens with two attached hydrogens (primary N) is 1. The highest BCUT2D eigenvalue weighted by Gasteiger charge is 2.10. The number of hydrogen-bond donors (Lipinski definition) is 3. The van der Waals surface area contributed by atoms with Crippen molar-refractivity contribution >= 4 is 22.5 Å². The molecule has 0 radical (unpaired) electrons. The predicted octanol–water partition coefficient (Wildman–Crippen LogP) is 2.72. The molecule has 1 aromatic heterocycles. The zero-order valence-electron chi connectivity index (χ0n) is 11.6. The van der Waals surface area contributed by atoms with Crippen molar-refractivity contribution in [1.29, 1.82) is 0 Å². The van der Waals surface area contributed by atoms with Gasteiger partial charge >= 0.3 is 0 Å². The molecule has 0 bridgehead atoms. The van der Waals surface area contributed by atoms with Gasteiger partial charge < -0.3 is 16.0 Å². The van der Waals surface area contributed by atoms with Crippen molar-refractivity contribution in [3.8, 4) is 0 Å². The van der Waals surface area contributed by atoms with Crippen molar-refractivity contribution < 1.29 is 4.79 Å². The van der Waals surface area contributed by atoms with E-state index in [2.05, 4.69) is 10.3 Å². The van der Waals surface area contributed by atoms with Gasteiger partial charge in [0.2, 0.25) is 0 Å². The summed E-state index contributed by atoms with van der Waals surface area (Å²) in [7, 11) is 0. The van der Waals surface area contributed by atoms with Crippen molar-refractivity contribution in [2.24, 2.45) is 0 Å². The molecular weight excluding hydrogens is 262 g/mol. The van der Waals surface area contributed by atoms with Gasteiger partial charge in [0.1, 0.15) is 0 Å². The summed E-state index contributed by atoms with van der Waals surface area (Å²) in [6, 6.07) is 15.5. The van der Waals surface area contributed by atoms with Crippen LogP contribution in [0, 0.1) is 0 Å². The monoisotopic (exact) mass is 279 g/mol. The largest absolute Gasteiger partial charge is 0.399 e. The highest BCUT2D eigenvalue weighted by atomic mass is 16.1. The number of rotatable bonds is 4. The summed E-state index contributed by atoms with van der Waals surface area (Å²) in [5, 5.41) is 3.90. The number of nitrogen functional groups attached to an aromatic ring is 1. The van der Waals surface area contributed by atoms with Crippen LogP contribution in [0.5, 0.6) is 0 Å². The third kappa shape index (κ3) is 2.89. The van der Waals surface area contributed by atoms with Gasteiger partial charge in [0.05, 0.1) is 5.56 Å². The quantitative estimate of drug-likeness (QED) is 0.643. The molecule has 1 amide bonds. The fourth-order valence-electron chi connectivity index (χ4n) is 2.36. The number of nitrogens with one attached hydrogen (secondary N) is 2. The highest BCUT2D eigenvalue weighted by Crippen LogP contribution is 2.17. The van der Waals surface area contributed by atoms with E-state index < -0.39 is 0 Å². The number of carbonyl (C=O) groups excluding carboxylic acids is 1. The molecule has 0 fully saturated rings. The first-order valence-electron chi connectivity index (χ1n) is 6.93. The van der Waals surface area contributed by atoms with E-state index >= 15 is 0 Å². The predicted molar refractivity (Wildman–Crippen MR) is 85.2 cm³/mol. The van der Waals surface area contributed by atoms with Gasteiger partial charge in [0.15, 0.2) is 0 Å². The van der Waals surface area contributed by atoms with E-state index in [0.717, 1.165) is 28.6 Å². The number of aromatic amines is 1. The third-order valence-electron chi connectivity index (χ3n) is 3.51. The van der Waals surface area contributed by atoms with E-state index in [1.54, 1.807) is 6.20 Å². The van der Waals surface area contributed by atoms with Crippen LogP contribution in [0.1, 0.15) is 15.9 Å². The van der Waals surface area contributed by atoms with Crippen LogP contribution < -0.4 is 11.1 Å². The maximum absolute atomic E-state index is 12.2. The number of H-pyrrole nitrogens is 1. The Morgan fingerprint density at radius 3 is 2.67 bits per heavy atom. The molecule has 0 aliphatic heterocycles. The summed E-state index contributed by atoms with van der Waals surface area (Å²) in [6.07, 6.45) is 2.54. The fraction of sp³-hybridized carbons (Fsp3) is 0.118. The van der Waals surface area contributed by atoms with Crippen molar-refractivity contribution in [1.82, 2.24) is 10.3 Å². The third-order valence-corrected chi connectivity index (χ3v) is 3.51. The lowest BCUT2D eigenvalue weighted by molar-refractivity contribution is 0.0956. The van der Waals surface area contributed by atoms with Crippen LogP contribution in [-0.4, -0.2) is 17.4 Å². The Balaban J connectivity index is 1.63. The van der Waals surface area contributed by atoms with Crippen LogP contribution in [0.4, 0.5) is 5.69 Å². The van der Waals surface area contributed by atoms with Gasteiger partial charge in [-0.3, -0.25) is 4.79 Å². The Morgan fingerprint density at radius 2 is 1.86 bits per heavy atom. The van der Waals surface area contributed by atoms with Gasteiger partial charge in [-0.15, -0.1) is 0 Å². The van der Waals surface area contributed by atoms with E-state index in [4.69, 9.17) is 5.73 Å². The molecule has 4 N–H and O–H groups in total. The number of benzene rings is 2. The Bertz CT molecular complexity index is 759. The zero-order chi connectivity index (χ0) is 14.7. The number of fused-ring (bicyclic) bond motifs is 1. The molecule has 4 heteroatoms. The first-order valence-corrected chi connectivity index (χ1v) is 6.93. The maximum atomic E-state index is 12.2. The molecule has 4 nitrogen and oxygen atoms in total. The minimum Gasteiger partial charge on any atom is -0.399 e. The molecule has 2 aromatic carbocycles. The van der Waals surface area contributed by atoms with E-state index in [-0.39, 0.29) is 5.91 Å². The molecule has 0 aliphatic carbocycles. The Hall–Kier alpha value is -2.75. The first kappa shape index (κ1) is 13.2. The van der Waals surface area contributed by atoms with Crippen LogP contribution >= 0.6 is 0 Å². The second-order valence-corrected chi connectivity index (χ2v) is 5.00. The summed E-state index contributed by atoms with van der Waals surface area (Å²) in [4.78, 5) is 15.3. The average molecular weight is 279 g/mol. The average Bonchev–Trinajstić information content (AvgIpc) is 2.93. The van der Waals surface area contributed by atoms with Gasteiger partial charge in [0.25, 0.3) is 5.91 Å². The lowest BCUT2D eigenvalue weighted by atomic mass is 10.1. The van der Waals surface area contributed by atoms with Gasteiger partial charge in [-0.2, -0.15) is 0 Å². The van der Waals surface area contributed by atoms with Crippen molar-refractivity contribution in [2.75, 3.05) is 12.3 Å². The normalized spacial score (nSPS) is 10.7. The van der Waals surface area contributed by atoms with Crippen molar-refractivity contribution in [3.05, 3.63) is 65.9 Å². The van der Waals surface area contributed by atoms with Crippen LogP contribution in [0.15, 0.2) is 54.7 Å². The number of carbonyl (C=O) groups is 1. The minimum absolute atomic E-state index is 0.0529. The smallest absolute Gasteiger partial charge is 0.253 e. The fourth-order valence-corrected chi connectivity index (χ4v) is 2.36. The van der Waals surface area contributed by atoms with Crippen LogP contribution in [0.25, 0.3) is 10.9 Å². The minimum atomic E-state index is -0.0529. The molecule has 0 spiro atoms. The molecule has 0 unspecified atom stereocenters. The number of anilines is 1. The second kappa shape index (κ2) is 5.71. The Kier molecular flexibility index (Phi) is 3.60. The summed E-state index contributed by atoms with van der Waals surface area (Å²) in [6.45, 7) is 0.599. The molecule has 0 saturated carbocycles. The molecule has 3 rings (SSSR count). The standard InChI is InChI=1S/C17H17N3O/c18-13-7-5-12(6-8-13)9-10-19-17(21)15-11-20-16-4-2-1-3-14(15)16/h1-8,11,20H,9-10,18H2,(H,19,21). The highest BCUT2D eigenvalue weighted by molar-refractivity contribution is 6.06. The van der Waals surface area contributed by atoms with Crippen LogP contribution in [-0.2, 0) is 6.42 Å². The molecule has 0 aliphatic rings. The Morgan fingerprint density at radius 1 is 1.10 bits per heavy atom. The molecule has 0 atom stereocenters. The zero-order valence-corrected chi connectivity index (χ0v) is 11.6. The molecule has 106 valence electrons. The van der Waals surface area contributed by atoms with E-state index in [0.29, 0.717) is 12.1 Å². The number of amides is 1. The SMILES string of the molecule is Nc1ccc(CCNC(=O)c2c[nH]c3ccccc23)cc1. The molecule has 1 heterocycles. The lowest BCUT2D eigenvalue weighted by Crippen LogP contribution is -2.25. The molecule has 3 aromatic rings. The topological polar surface area (TPSA) is 70.9 Å². The first-order chi connectivity index (χ1) is 10.2. The Labute approximate surface area is 123 Å². The van der Waals surface area contributed by atoms with Gasteiger partial charge in [0, 0.05) is 29.3 Å². The molecular formula is C17H17N3O. The van der Waals surface area contributed by atoms with Crippen LogP contribution in [0.3, 0.4) is 0 Å². The van der Waals surface area contributed by atoms with Crippen LogP contribution in [0.2, 0.25) is 0 Å². The van der Waals surface area contributed by atoms with Gasteiger partial charge in [-0.1, -0.05) is 30.3 Å². The van der Waals surface area contributed by atoms with E-state index in [9.17, 15) is 4.79 Å². The number of para-hydroxylation sites is 1.